The number of halogens is 1. The van der Waals surface area contributed by atoms with Gasteiger partial charge in [0.15, 0.2) is 6.29 Å². The summed E-state index contributed by atoms with van der Waals surface area (Å²) in [4.78, 5) is 13.2. The van der Waals surface area contributed by atoms with Gasteiger partial charge in [-0.15, -0.1) is 11.3 Å². The molecule has 0 spiro atoms. The summed E-state index contributed by atoms with van der Waals surface area (Å²) >= 11 is 5.23. The fourth-order valence-electron chi connectivity index (χ4n) is 1.73. The van der Waals surface area contributed by atoms with Gasteiger partial charge in [-0.25, -0.2) is 0 Å². The van der Waals surface area contributed by atoms with Crippen LogP contribution in [0.25, 0.3) is 0 Å². The van der Waals surface area contributed by atoms with E-state index in [1.807, 2.05) is 0 Å². The molecule has 0 aromatic carbocycles. The van der Waals surface area contributed by atoms with E-state index in [-0.39, 0.29) is 0 Å². The van der Waals surface area contributed by atoms with Crippen molar-refractivity contribution in [1.29, 1.82) is 0 Å². The third-order valence-electron chi connectivity index (χ3n) is 2.70. The lowest BCUT2D eigenvalue weighted by Gasteiger charge is -2.03. The number of carbonyl (C=O) groups excluding carboxylic acids is 1. The van der Waals surface area contributed by atoms with Crippen LogP contribution in [0.15, 0.2) is 4.47 Å². The molecule has 0 aliphatic heterocycles. The maximum atomic E-state index is 10.9. The van der Waals surface area contributed by atoms with Gasteiger partial charge in [0.05, 0.1) is 4.88 Å². The van der Waals surface area contributed by atoms with E-state index in [0.717, 1.165) is 28.5 Å². The van der Waals surface area contributed by atoms with Crippen molar-refractivity contribution in [3.05, 3.63) is 19.8 Å². The van der Waals surface area contributed by atoms with Crippen LogP contribution in [0.1, 0.15) is 59.6 Å². The van der Waals surface area contributed by atoms with Crippen molar-refractivity contribution >= 4 is 33.6 Å². The third kappa shape index (κ3) is 3.42. The zero-order valence-corrected chi connectivity index (χ0v) is 12.4. The molecule has 0 bridgehead atoms. The number of aryl methyl sites for hydroxylation is 1. The molecule has 0 aliphatic carbocycles. The summed E-state index contributed by atoms with van der Waals surface area (Å²) < 4.78 is 1.05. The quantitative estimate of drug-likeness (QED) is 0.647. The first-order chi connectivity index (χ1) is 7.74. The van der Waals surface area contributed by atoms with Crippen LogP contribution in [0, 0.1) is 0 Å². The van der Waals surface area contributed by atoms with E-state index in [9.17, 15) is 4.79 Å². The van der Waals surface area contributed by atoms with E-state index in [1.165, 1.54) is 36.1 Å². The molecule has 1 rings (SSSR count). The van der Waals surface area contributed by atoms with Gasteiger partial charge in [-0.05, 0) is 47.2 Å². The highest BCUT2D eigenvalue weighted by molar-refractivity contribution is 9.10. The summed E-state index contributed by atoms with van der Waals surface area (Å²) in [7, 11) is 0. The highest BCUT2D eigenvalue weighted by Gasteiger charge is 2.14. The van der Waals surface area contributed by atoms with Crippen LogP contribution in [0.4, 0.5) is 0 Å². The Labute approximate surface area is 110 Å². The van der Waals surface area contributed by atoms with Crippen LogP contribution in [-0.2, 0) is 12.8 Å². The Bertz CT molecular complexity index is 344. The summed E-state index contributed by atoms with van der Waals surface area (Å²) in [6.07, 6.45) is 8.01. The molecule has 0 fully saturated rings. The first kappa shape index (κ1) is 13.9. The Hall–Kier alpha value is -0.150. The number of unbranched alkanes of at least 4 members (excludes halogenated alkanes) is 2. The number of hydrogen-bond acceptors (Lipinski definition) is 2. The Kier molecular flexibility index (Phi) is 6.29. The molecule has 0 saturated heterocycles. The topological polar surface area (TPSA) is 17.1 Å². The number of rotatable bonds is 7. The standard InChI is InChI=1S/C13H19BrOS/c1-3-5-7-10-11(8-6-4-2)16-12(9-15)13(10)14/h9H,3-8H2,1-2H3. The molecule has 0 aliphatic rings. The second-order valence-corrected chi connectivity index (χ2v) is 5.94. The molecular formula is C13H19BrOS. The summed E-state index contributed by atoms with van der Waals surface area (Å²) in [6, 6.07) is 0. The zero-order valence-electron chi connectivity index (χ0n) is 10.0. The molecule has 0 radical (unpaired) electrons. The van der Waals surface area contributed by atoms with Gasteiger partial charge in [0.1, 0.15) is 0 Å². The highest BCUT2D eigenvalue weighted by Crippen LogP contribution is 2.34. The minimum atomic E-state index is 0.859. The van der Waals surface area contributed by atoms with Gasteiger partial charge in [0.2, 0.25) is 0 Å². The molecule has 0 saturated carbocycles. The minimum Gasteiger partial charge on any atom is -0.297 e. The van der Waals surface area contributed by atoms with E-state index in [2.05, 4.69) is 29.8 Å². The lowest BCUT2D eigenvalue weighted by molar-refractivity contribution is 0.112. The molecule has 1 aromatic rings. The van der Waals surface area contributed by atoms with Crippen molar-refractivity contribution in [2.75, 3.05) is 0 Å². The van der Waals surface area contributed by atoms with Crippen molar-refractivity contribution in [2.24, 2.45) is 0 Å². The largest absolute Gasteiger partial charge is 0.297 e. The van der Waals surface area contributed by atoms with E-state index in [1.54, 1.807) is 11.3 Å². The minimum absolute atomic E-state index is 0.859. The first-order valence-electron chi connectivity index (χ1n) is 5.99. The SMILES string of the molecule is CCCCc1sc(C=O)c(Br)c1CCCC. The first-order valence-corrected chi connectivity index (χ1v) is 7.60. The van der Waals surface area contributed by atoms with Crippen molar-refractivity contribution in [3.63, 3.8) is 0 Å². The molecule has 1 heterocycles. The summed E-state index contributed by atoms with van der Waals surface area (Å²) in [6.45, 7) is 4.40. The van der Waals surface area contributed by atoms with Gasteiger partial charge in [-0.1, -0.05) is 26.7 Å². The van der Waals surface area contributed by atoms with Crippen LogP contribution in [-0.4, -0.2) is 6.29 Å². The summed E-state index contributed by atoms with van der Waals surface area (Å²) in [5, 5.41) is 0. The Morgan fingerprint density at radius 2 is 1.81 bits per heavy atom. The molecule has 90 valence electrons. The predicted molar refractivity (Wildman–Crippen MR) is 74.6 cm³/mol. The van der Waals surface area contributed by atoms with Gasteiger partial charge in [-0.3, -0.25) is 4.79 Å². The monoisotopic (exact) mass is 302 g/mol. The van der Waals surface area contributed by atoms with Crippen molar-refractivity contribution in [3.8, 4) is 0 Å². The van der Waals surface area contributed by atoms with Gasteiger partial charge in [0.25, 0.3) is 0 Å². The zero-order chi connectivity index (χ0) is 12.0. The summed E-state index contributed by atoms with van der Waals surface area (Å²) in [5.41, 5.74) is 1.38. The maximum absolute atomic E-state index is 10.9. The highest BCUT2D eigenvalue weighted by atomic mass is 79.9. The third-order valence-corrected chi connectivity index (χ3v) is 5.08. The number of thiophene rings is 1. The molecule has 0 atom stereocenters. The van der Waals surface area contributed by atoms with Crippen LogP contribution in [0.5, 0.6) is 0 Å². The fourth-order valence-corrected chi connectivity index (χ4v) is 3.73. The van der Waals surface area contributed by atoms with Crippen LogP contribution < -0.4 is 0 Å². The number of hydrogen-bond donors (Lipinski definition) is 0. The maximum Gasteiger partial charge on any atom is 0.161 e. The summed E-state index contributed by atoms with van der Waals surface area (Å²) in [5.74, 6) is 0. The number of carbonyl (C=O) groups is 1. The van der Waals surface area contributed by atoms with E-state index in [4.69, 9.17) is 0 Å². The van der Waals surface area contributed by atoms with Crippen molar-refractivity contribution in [2.45, 2.75) is 52.4 Å². The van der Waals surface area contributed by atoms with Gasteiger partial charge in [0, 0.05) is 9.35 Å². The molecule has 0 N–H and O–H groups in total. The van der Waals surface area contributed by atoms with Crippen molar-refractivity contribution < 1.29 is 4.79 Å². The van der Waals surface area contributed by atoms with Gasteiger partial charge in [-0.2, -0.15) is 0 Å². The van der Waals surface area contributed by atoms with E-state index >= 15 is 0 Å². The molecule has 3 heteroatoms. The molecule has 0 amide bonds. The van der Waals surface area contributed by atoms with E-state index < -0.39 is 0 Å². The predicted octanol–water partition coefficient (Wildman–Crippen LogP) is 5.01. The average molecular weight is 303 g/mol. The Morgan fingerprint density at radius 3 is 2.38 bits per heavy atom. The smallest absolute Gasteiger partial charge is 0.161 e. The Balaban J connectivity index is 2.89. The van der Waals surface area contributed by atoms with Crippen molar-refractivity contribution in [1.82, 2.24) is 0 Å². The molecule has 1 nitrogen and oxygen atoms in total. The lowest BCUT2D eigenvalue weighted by Crippen LogP contribution is -1.90. The fraction of sp³-hybridized carbons (Fsp3) is 0.615. The second-order valence-electron chi connectivity index (χ2n) is 4.01. The van der Waals surface area contributed by atoms with Gasteiger partial charge < -0.3 is 0 Å². The number of aldehydes is 1. The van der Waals surface area contributed by atoms with Gasteiger partial charge >= 0.3 is 0 Å². The van der Waals surface area contributed by atoms with E-state index in [0.29, 0.717) is 0 Å². The van der Waals surface area contributed by atoms with Crippen LogP contribution >= 0.6 is 27.3 Å². The molecule has 0 unspecified atom stereocenters. The second kappa shape index (κ2) is 7.23. The normalized spacial score (nSPS) is 10.7. The lowest BCUT2D eigenvalue weighted by atomic mass is 10.1. The van der Waals surface area contributed by atoms with Crippen LogP contribution in [0.2, 0.25) is 0 Å². The molecular weight excluding hydrogens is 284 g/mol. The average Bonchev–Trinajstić information content (AvgIpc) is 2.60. The molecule has 1 aromatic heterocycles. The molecule has 16 heavy (non-hydrogen) atoms. The van der Waals surface area contributed by atoms with Crippen LogP contribution in [0.3, 0.4) is 0 Å². The Morgan fingerprint density at radius 1 is 1.19 bits per heavy atom.